The number of hydrogen-bond acceptors (Lipinski definition) is 2. The van der Waals surface area contributed by atoms with Gasteiger partial charge < -0.3 is 11.1 Å². The Bertz CT molecular complexity index is 423. The molecular formula is C12H15BrN2O. The zero-order chi connectivity index (χ0) is 12.1. The van der Waals surface area contributed by atoms with Gasteiger partial charge in [0.05, 0.1) is 5.56 Å². The summed E-state index contributed by atoms with van der Waals surface area (Å²) in [5.41, 5.74) is 7.94. The normalized spacial score (nSPS) is 9.69. The number of nitrogens with two attached hydrogens (primary N) is 1. The van der Waals surface area contributed by atoms with Crippen LogP contribution in [0.25, 0.3) is 0 Å². The molecule has 0 heterocycles. The van der Waals surface area contributed by atoms with Gasteiger partial charge in [-0.25, -0.2) is 0 Å². The van der Waals surface area contributed by atoms with E-state index in [4.69, 9.17) is 5.73 Å². The fraction of sp³-hybridized carbons (Fsp3) is 0.250. The van der Waals surface area contributed by atoms with Gasteiger partial charge in [0.1, 0.15) is 0 Å². The van der Waals surface area contributed by atoms with Crippen LogP contribution >= 0.6 is 15.9 Å². The molecule has 0 atom stereocenters. The number of benzene rings is 1. The maximum absolute atomic E-state index is 11.8. The smallest absolute Gasteiger partial charge is 0.252 e. The van der Waals surface area contributed by atoms with Crippen molar-refractivity contribution in [1.82, 2.24) is 5.32 Å². The first kappa shape index (κ1) is 12.8. The number of nitrogens with one attached hydrogen (secondary N) is 1. The lowest BCUT2D eigenvalue weighted by Crippen LogP contribution is -2.24. The molecule has 86 valence electrons. The van der Waals surface area contributed by atoms with Gasteiger partial charge in [0.15, 0.2) is 0 Å². The maximum atomic E-state index is 11.8. The van der Waals surface area contributed by atoms with Gasteiger partial charge >= 0.3 is 0 Å². The molecular weight excluding hydrogens is 268 g/mol. The Kier molecular flexibility index (Phi) is 4.55. The highest BCUT2D eigenvalue weighted by atomic mass is 79.9. The van der Waals surface area contributed by atoms with Crippen LogP contribution in [0.3, 0.4) is 0 Å². The molecule has 0 aromatic heterocycles. The second-order valence-corrected chi connectivity index (χ2v) is 4.59. The fourth-order valence-corrected chi connectivity index (χ4v) is 1.59. The third-order valence-electron chi connectivity index (χ3n) is 2.01. The number of carbonyl (C=O) groups is 1. The lowest BCUT2D eigenvalue weighted by atomic mass is 10.2. The predicted octanol–water partition coefficient (Wildman–Crippen LogP) is 2.73. The molecule has 0 saturated carbocycles. The van der Waals surface area contributed by atoms with Crippen LogP contribution in [-0.4, -0.2) is 12.5 Å². The van der Waals surface area contributed by atoms with Crippen molar-refractivity contribution in [3.05, 3.63) is 39.9 Å². The van der Waals surface area contributed by atoms with E-state index in [-0.39, 0.29) is 5.91 Å². The van der Waals surface area contributed by atoms with Crippen LogP contribution in [0.5, 0.6) is 0 Å². The molecule has 0 saturated heterocycles. The Morgan fingerprint density at radius 3 is 2.81 bits per heavy atom. The van der Waals surface area contributed by atoms with Gasteiger partial charge in [-0.05, 0) is 48.0 Å². The Hall–Kier alpha value is -1.29. The van der Waals surface area contributed by atoms with E-state index >= 15 is 0 Å². The fourth-order valence-electron chi connectivity index (χ4n) is 1.16. The van der Waals surface area contributed by atoms with Gasteiger partial charge in [-0.1, -0.05) is 11.6 Å². The molecule has 0 spiro atoms. The molecule has 1 amide bonds. The molecule has 0 fully saturated rings. The second kappa shape index (κ2) is 5.70. The summed E-state index contributed by atoms with van der Waals surface area (Å²) in [7, 11) is 0. The quantitative estimate of drug-likeness (QED) is 0.662. The highest BCUT2D eigenvalue weighted by molar-refractivity contribution is 9.10. The van der Waals surface area contributed by atoms with E-state index in [0.29, 0.717) is 17.8 Å². The van der Waals surface area contributed by atoms with Crippen molar-refractivity contribution in [2.75, 3.05) is 12.3 Å². The van der Waals surface area contributed by atoms with E-state index in [0.717, 1.165) is 4.47 Å². The van der Waals surface area contributed by atoms with Crippen LogP contribution in [0.2, 0.25) is 0 Å². The monoisotopic (exact) mass is 282 g/mol. The van der Waals surface area contributed by atoms with Crippen LogP contribution in [0, 0.1) is 0 Å². The molecule has 0 aliphatic rings. The molecule has 0 aliphatic carbocycles. The Labute approximate surface area is 104 Å². The molecule has 3 N–H and O–H groups in total. The number of amides is 1. The summed E-state index contributed by atoms with van der Waals surface area (Å²) in [5.74, 6) is -0.128. The van der Waals surface area contributed by atoms with E-state index < -0.39 is 0 Å². The number of anilines is 1. The second-order valence-electron chi connectivity index (χ2n) is 3.73. The molecule has 0 radical (unpaired) electrons. The third kappa shape index (κ3) is 3.70. The summed E-state index contributed by atoms with van der Waals surface area (Å²) in [4.78, 5) is 11.8. The first-order chi connectivity index (χ1) is 7.50. The van der Waals surface area contributed by atoms with Crippen molar-refractivity contribution in [1.29, 1.82) is 0 Å². The number of carbonyl (C=O) groups excluding carboxylic acids is 1. The number of hydrogen-bond donors (Lipinski definition) is 2. The van der Waals surface area contributed by atoms with Crippen molar-refractivity contribution in [2.24, 2.45) is 0 Å². The van der Waals surface area contributed by atoms with Crippen LogP contribution < -0.4 is 11.1 Å². The number of allylic oxidation sites excluding steroid dienone is 1. The Morgan fingerprint density at radius 1 is 1.50 bits per heavy atom. The van der Waals surface area contributed by atoms with Crippen molar-refractivity contribution in [2.45, 2.75) is 13.8 Å². The molecule has 1 aromatic rings. The number of halogens is 1. The topological polar surface area (TPSA) is 55.1 Å². The molecule has 16 heavy (non-hydrogen) atoms. The summed E-state index contributed by atoms with van der Waals surface area (Å²) in [5, 5.41) is 2.80. The molecule has 0 aliphatic heterocycles. The predicted molar refractivity (Wildman–Crippen MR) is 70.3 cm³/mol. The number of nitrogen functional groups attached to an aromatic ring is 1. The van der Waals surface area contributed by atoms with E-state index in [2.05, 4.69) is 21.2 Å². The van der Waals surface area contributed by atoms with Crippen molar-refractivity contribution in [3.63, 3.8) is 0 Å². The summed E-state index contributed by atoms with van der Waals surface area (Å²) >= 11 is 3.32. The first-order valence-electron chi connectivity index (χ1n) is 4.97. The summed E-state index contributed by atoms with van der Waals surface area (Å²) in [6.07, 6.45) is 1.96. The Morgan fingerprint density at radius 2 is 2.19 bits per heavy atom. The SMILES string of the molecule is CC(C)=CCNC(=O)c1cc(N)ccc1Br. The zero-order valence-corrected chi connectivity index (χ0v) is 11.0. The van der Waals surface area contributed by atoms with Gasteiger partial charge in [-0.15, -0.1) is 0 Å². The van der Waals surface area contributed by atoms with Crippen molar-refractivity contribution >= 4 is 27.5 Å². The molecule has 0 unspecified atom stereocenters. The average molecular weight is 283 g/mol. The minimum absolute atomic E-state index is 0.128. The lowest BCUT2D eigenvalue weighted by molar-refractivity contribution is 0.0957. The lowest BCUT2D eigenvalue weighted by Gasteiger charge is -2.06. The van der Waals surface area contributed by atoms with Gasteiger partial charge in [0.25, 0.3) is 5.91 Å². The van der Waals surface area contributed by atoms with Gasteiger partial charge in [0, 0.05) is 16.7 Å². The Balaban J connectivity index is 2.73. The van der Waals surface area contributed by atoms with E-state index in [1.165, 1.54) is 5.57 Å². The van der Waals surface area contributed by atoms with Crippen LogP contribution in [0.1, 0.15) is 24.2 Å². The van der Waals surface area contributed by atoms with Crippen LogP contribution in [-0.2, 0) is 0 Å². The summed E-state index contributed by atoms with van der Waals surface area (Å²) in [6.45, 7) is 4.51. The van der Waals surface area contributed by atoms with E-state index in [1.807, 2.05) is 19.9 Å². The first-order valence-corrected chi connectivity index (χ1v) is 5.76. The number of rotatable bonds is 3. The van der Waals surface area contributed by atoms with E-state index in [1.54, 1.807) is 18.2 Å². The minimum atomic E-state index is -0.128. The standard InChI is InChI=1S/C12H15BrN2O/c1-8(2)5-6-15-12(16)10-7-9(14)3-4-11(10)13/h3-5,7H,6,14H2,1-2H3,(H,15,16). The van der Waals surface area contributed by atoms with Crippen molar-refractivity contribution < 1.29 is 4.79 Å². The molecule has 3 nitrogen and oxygen atoms in total. The largest absolute Gasteiger partial charge is 0.399 e. The minimum Gasteiger partial charge on any atom is -0.399 e. The maximum Gasteiger partial charge on any atom is 0.252 e. The summed E-state index contributed by atoms with van der Waals surface area (Å²) < 4.78 is 0.747. The molecule has 1 aromatic carbocycles. The van der Waals surface area contributed by atoms with Gasteiger partial charge in [-0.3, -0.25) is 4.79 Å². The summed E-state index contributed by atoms with van der Waals surface area (Å²) in [6, 6.07) is 5.17. The van der Waals surface area contributed by atoms with Gasteiger partial charge in [0.2, 0.25) is 0 Å². The average Bonchev–Trinajstić information content (AvgIpc) is 2.21. The highest BCUT2D eigenvalue weighted by Gasteiger charge is 2.08. The third-order valence-corrected chi connectivity index (χ3v) is 2.70. The van der Waals surface area contributed by atoms with E-state index in [9.17, 15) is 4.79 Å². The molecule has 1 rings (SSSR count). The van der Waals surface area contributed by atoms with Gasteiger partial charge in [-0.2, -0.15) is 0 Å². The molecule has 4 heteroatoms. The van der Waals surface area contributed by atoms with Crippen LogP contribution in [0.15, 0.2) is 34.3 Å². The van der Waals surface area contributed by atoms with Crippen LogP contribution in [0.4, 0.5) is 5.69 Å². The molecule has 0 bridgehead atoms. The highest BCUT2D eigenvalue weighted by Crippen LogP contribution is 2.19. The van der Waals surface area contributed by atoms with Crippen molar-refractivity contribution in [3.8, 4) is 0 Å². The zero-order valence-electron chi connectivity index (χ0n) is 9.38.